The third-order valence-electron chi connectivity index (χ3n) is 3.18. The normalized spacial score (nSPS) is 10.7. The molecular formula is C19H17KO4. The number of aliphatic carboxylic acids is 1. The van der Waals surface area contributed by atoms with E-state index in [1.807, 2.05) is 0 Å². The summed E-state index contributed by atoms with van der Waals surface area (Å²) in [6.45, 7) is -0.101. The standard InChI is InChI=1S/C19H16O4.K.H/c20-13-16-2-1-3-17(12-16)18(21)10-8-14-4-6-15(7-5-14)9-11-19(22)23;;/h1-12,20H,13H2,(H,22,23);;/q;+1;-1/b10-8+,11-9+;;. The summed E-state index contributed by atoms with van der Waals surface area (Å²) >= 11 is 0. The molecule has 0 fully saturated rings. The van der Waals surface area contributed by atoms with Crippen molar-refractivity contribution in [2.24, 2.45) is 0 Å². The van der Waals surface area contributed by atoms with Crippen LogP contribution in [-0.4, -0.2) is 22.0 Å². The van der Waals surface area contributed by atoms with Crippen LogP contribution in [-0.2, 0) is 11.4 Å². The van der Waals surface area contributed by atoms with Crippen LogP contribution in [0.2, 0.25) is 0 Å². The second-order valence-electron chi connectivity index (χ2n) is 4.89. The Morgan fingerprint density at radius 3 is 2.08 bits per heavy atom. The molecule has 0 aliphatic rings. The van der Waals surface area contributed by atoms with Crippen molar-refractivity contribution < 1.29 is 72.6 Å². The molecule has 2 N–H and O–H groups in total. The predicted molar refractivity (Wildman–Crippen MR) is 90.0 cm³/mol. The number of hydrogen-bond acceptors (Lipinski definition) is 3. The molecule has 0 aliphatic heterocycles. The van der Waals surface area contributed by atoms with Crippen LogP contribution in [0.3, 0.4) is 0 Å². The number of ketones is 1. The first-order valence-corrected chi connectivity index (χ1v) is 7.02. The van der Waals surface area contributed by atoms with Gasteiger partial charge in [-0.25, -0.2) is 4.79 Å². The molecule has 24 heavy (non-hydrogen) atoms. The molecule has 0 amide bonds. The number of hydrogen-bond donors (Lipinski definition) is 2. The van der Waals surface area contributed by atoms with Crippen LogP contribution >= 0.6 is 0 Å². The van der Waals surface area contributed by atoms with Gasteiger partial charge in [0.25, 0.3) is 0 Å². The second-order valence-corrected chi connectivity index (χ2v) is 4.89. The molecule has 118 valence electrons. The molecule has 0 radical (unpaired) electrons. The fraction of sp³-hybridized carbons (Fsp3) is 0.0526. The van der Waals surface area contributed by atoms with Crippen molar-refractivity contribution in [2.75, 3.05) is 0 Å². The Labute approximate surface area is 184 Å². The molecule has 4 nitrogen and oxygen atoms in total. The SMILES string of the molecule is O=C(O)/C=C/c1ccc(/C=C/C(=O)c2cccc(CO)c2)cc1.[H-].[K+]. The zero-order valence-electron chi connectivity index (χ0n) is 14.3. The molecule has 2 aromatic rings. The fourth-order valence-corrected chi connectivity index (χ4v) is 1.98. The van der Waals surface area contributed by atoms with Crippen LogP contribution in [0.1, 0.15) is 28.5 Å². The Hall–Kier alpha value is -1.34. The van der Waals surface area contributed by atoms with Crippen LogP contribution in [0, 0.1) is 0 Å². The molecule has 0 atom stereocenters. The van der Waals surface area contributed by atoms with Gasteiger partial charge >= 0.3 is 57.4 Å². The molecule has 2 aromatic carbocycles. The van der Waals surface area contributed by atoms with Crippen LogP contribution in [0.5, 0.6) is 0 Å². The molecule has 0 aliphatic carbocycles. The Morgan fingerprint density at radius 2 is 1.54 bits per heavy atom. The van der Waals surface area contributed by atoms with Gasteiger partial charge < -0.3 is 11.6 Å². The topological polar surface area (TPSA) is 74.6 Å². The van der Waals surface area contributed by atoms with Gasteiger partial charge in [0.1, 0.15) is 0 Å². The number of carbonyl (C=O) groups excluding carboxylic acids is 1. The Kier molecular flexibility index (Phi) is 9.06. The van der Waals surface area contributed by atoms with Gasteiger partial charge in [-0.05, 0) is 34.9 Å². The van der Waals surface area contributed by atoms with Gasteiger partial charge in [-0.15, -0.1) is 0 Å². The van der Waals surface area contributed by atoms with Crippen molar-refractivity contribution in [1.82, 2.24) is 0 Å². The predicted octanol–water partition coefficient (Wildman–Crippen LogP) is 0.289. The Bertz CT molecular complexity index is 767. The number of carboxylic acids is 1. The van der Waals surface area contributed by atoms with Crippen molar-refractivity contribution in [3.8, 4) is 0 Å². The zero-order chi connectivity index (χ0) is 16.7. The third kappa shape index (κ3) is 6.64. The van der Waals surface area contributed by atoms with Gasteiger partial charge in [-0.1, -0.05) is 48.5 Å². The van der Waals surface area contributed by atoms with Crippen molar-refractivity contribution >= 4 is 23.9 Å². The number of carboxylic acid groups (broad SMARTS) is 1. The van der Waals surface area contributed by atoms with E-state index >= 15 is 0 Å². The minimum atomic E-state index is -0.996. The molecule has 0 aromatic heterocycles. The second kappa shape index (κ2) is 10.5. The van der Waals surface area contributed by atoms with Gasteiger partial charge in [-0.3, -0.25) is 4.79 Å². The zero-order valence-corrected chi connectivity index (χ0v) is 16.5. The minimum Gasteiger partial charge on any atom is -1.00 e. The van der Waals surface area contributed by atoms with Crippen molar-refractivity contribution in [3.05, 3.63) is 82.9 Å². The quantitative estimate of drug-likeness (QED) is 0.447. The average molecular weight is 348 g/mol. The first kappa shape index (κ1) is 20.7. The monoisotopic (exact) mass is 348 g/mol. The number of aliphatic hydroxyl groups is 1. The number of aliphatic hydroxyl groups excluding tert-OH is 1. The Morgan fingerprint density at radius 1 is 0.958 bits per heavy atom. The molecule has 0 saturated heterocycles. The average Bonchev–Trinajstić information content (AvgIpc) is 2.58. The van der Waals surface area contributed by atoms with Crippen LogP contribution < -0.4 is 51.4 Å². The van der Waals surface area contributed by atoms with E-state index in [2.05, 4.69) is 0 Å². The smallest absolute Gasteiger partial charge is 1.00 e. The largest absolute Gasteiger partial charge is 1.00 e. The van der Waals surface area contributed by atoms with Crippen LogP contribution in [0.15, 0.2) is 60.7 Å². The van der Waals surface area contributed by atoms with Gasteiger partial charge in [0.2, 0.25) is 0 Å². The fourth-order valence-electron chi connectivity index (χ4n) is 1.98. The first-order valence-electron chi connectivity index (χ1n) is 7.02. The van der Waals surface area contributed by atoms with E-state index in [0.29, 0.717) is 11.1 Å². The summed E-state index contributed by atoms with van der Waals surface area (Å²) in [7, 11) is 0. The molecule has 0 saturated carbocycles. The molecule has 0 heterocycles. The summed E-state index contributed by atoms with van der Waals surface area (Å²) in [4.78, 5) is 22.5. The minimum absolute atomic E-state index is 0. The summed E-state index contributed by atoms with van der Waals surface area (Å²) in [5, 5.41) is 17.7. The van der Waals surface area contributed by atoms with Gasteiger partial charge in [0.05, 0.1) is 6.61 Å². The number of benzene rings is 2. The van der Waals surface area contributed by atoms with Gasteiger partial charge in [0.15, 0.2) is 5.78 Å². The van der Waals surface area contributed by atoms with E-state index < -0.39 is 5.97 Å². The molecule has 0 unspecified atom stereocenters. The van der Waals surface area contributed by atoms with Gasteiger partial charge in [0, 0.05) is 11.6 Å². The number of rotatable bonds is 6. The van der Waals surface area contributed by atoms with Crippen molar-refractivity contribution in [2.45, 2.75) is 6.61 Å². The molecule has 0 spiro atoms. The maximum absolute atomic E-state index is 12.1. The molecule has 0 bridgehead atoms. The van der Waals surface area contributed by atoms with E-state index in [0.717, 1.165) is 17.2 Å². The van der Waals surface area contributed by atoms with E-state index in [4.69, 9.17) is 10.2 Å². The van der Waals surface area contributed by atoms with E-state index in [1.54, 1.807) is 54.6 Å². The summed E-state index contributed by atoms with van der Waals surface area (Å²) in [5.41, 5.74) is 2.82. The van der Waals surface area contributed by atoms with Crippen molar-refractivity contribution in [1.29, 1.82) is 0 Å². The van der Waals surface area contributed by atoms with E-state index in [9.17, 15) is 9.59 Å². The molecule has 2 rings (SSSR count). The Balaban J connectivity index is 0.00000288. The van der Waals surface area contributed by atoms with Crippen LogP contribution in [0.25, 0.3) is 12.2 Å². The molecule has 5 heteroatoms. The summed E-state index contributed by atoms with van der Waals surface area (Å²) < 4.78 is 0. The summed E-state index contributed by atoms with van der Waals surface area (Å²) in [5.74, 6) is -1.14. The first-order chi connectivity index (χ1) is 11.1. The number of carbonyl (C=O) groups is 2. The third-order valence-corrected chi connectivity index (χ3v) is 3.18. The van der Waals surface area contributed by atoms with Crippen LogP contribution in [0.4, 0.5) is 0 Å². The van der Waals surface area contributed by atoms with E-state index in [1.165, 1.54) is 12.2 Å². The van der Waals surface area contributed by atoms with Gasteiger partial charge in [-0.2, -0.15) is 0 Å². The van der Waals surface area contributed by atoms with E-state index in [-0.39, 0.29) is 65.2 Å². The summed E-state index contributed by atoms with van der Waals surface area (Å²) in [6, 6.07) is 14.0. The maximum atomic E-state index is 12.1. The summed E-state index contributed by atoms with van der Waals surface area (Å²) in [6.07, 6.45) is 5.74. The number of allylic oxidation sites excluding steroid dienone is 1. The maximum Gasteiger partial charge on any atom is 1.00 e. The molecular weight excluding hydrogens is 331 g/mol. The van der Waals surface area contributed by atoms with Crippen molar-refractivity contribution in [3.63, 3.8) is 0 Å².